The zero-order chi connectivity index (χ0) is 16.5. The quantitative estimate of drug-likeness (QED) is 0.446. The Kier molecular flexibility index (Phi) is 3.87. The summed E-state index contributed by atoms with van der Waals surface area (Å²) in [6.45, 7) is 0. The Morgan fingerprint density at radius 3 is 1.48 bits per heavy atom. The third kappa shape index (κ3) is 2.60. The summed E-state index contributed by atoms with van der Waals surface area (Å²) in [6, 6.07) is -0.146. The summed E-state index contributed by atoms with van der Waals surface area (Å²) < 4.78 is 25.2. The largest absolute Gasteiger partial charge is 0.425 e. The fraction of sp³-hybridized carbons (Fsp3) is 0. The van der Waals surface area contributed by atoms with Crippen LogP contribution in [0.1, 0.15) is 0 Å². The second kappa shape index (κ2) is 5.23. The van der Waals surface area contributed by atoms with E-state index >= 15 is 0 Å². The van der Waals surface area contributed by atoms with Crippen LogP contribution in [0.4, 0.5) is 37.4 Å². The van der Waals surface area contributed by atoms with E-state index in [0.29, 0.717) is 0 Å². The van der Waals surface area contributed by atoms with Gasteiger partial charge in [-0.15, -0.1) is 0 Å². The van der Waals surface area contributed by atoms with Gasteiger partial charge in [0, 0.05) is 0 Å². The van der Waals surface area contributed by atoms with E-state index in [1.165, 1.54) is 0 Å². The summed E-state index contributed by atoms with van der Waals surface area (Å²) >= 11 is 0. The first-order valence-corrected chi connectivity index (χ1v) is 4.49. The molecule has 15 heteroatoms. The van der Waals surface area contributed by atoms with Gasteiger partial charge in [0.05, 0.1) is 19.7 Å². The van der Waals surface area contributed by atoms with Gasteiger partial charge in [0.2, 0.25) is 0 Å². The van der Waals surface area contributed by atoms with Gasteiger partial charge in [-0.1, -0.05) is 8.96 Å². The van der Waals surface area contributed by atoms with Crippen LogP contribution in [0, 0.1) is 40.5 Å². The number of nitro benzene ring substituents is 4. The van der Waals surface area contributed by atoms with E-state index in [2.05, 4.69) is 0 Å². The topological polar surface area (TPSA) is 176 Å². The molecule has 21 heavy (non-hydrogen) atoms. The Labute approximate surface area is 110 Å². The third-order valence-electron chi connectivity index (χ3n) is 2.13. The van der Waals surface area contributed by atoms with Crippen molar-refractivity contribution in [3.63, 3.8) is 0 Å². The number of nitrogens with zero attached hydrogens (tertiary/aromatic N) is 5. The number of benzene rings is 1. The van der Waals surface area contributed by atoms with E-state index < -0.39 is 53.5 Å². The average Bonchev–Trinajstić information content (AvgIpc) is 2.34. The molecule has 0 saturated heterocycles. The lowest BCUT2D eigenvalue weighted by molar-refractivity contribution is -0.442. The van der Waals surface area contributed by atoms with Crippen LogP contribution in [0.3, 0.4) is 0 Å². The van der Waals surface area contributed by atoms with Crippen molar-refractivity contribution in [2.75, 3.05) is 5.34 Å². The van der Waals surface area contributed by atoms with Crippen molar-refractivity contribution in [2.24, 2.45) is 0 Å². The maximum atomic E-state index is 12.6. The predicted octanol–water partition coefficient (Wildman–Crippen LogP) is 1.89. The van der Waals surface area contributed by atoms with Crippen LogP contribution in [-0.2, 0) is 0 Å². The third-order valence-corrected chi connectivity index (χ3v) is 2.13. The highest BCUT2D eigenvalue weighted by Crippen LogP contribution is 2.49. The van der Waals surface area contributed by atoms with E-state index in [1.807, 2.05) is 0 Å². The molecule has 0 bridgehead atoms. The molecular formula is C6HF2N5O8. The lowest BCUT2D eigenvalue weighted by atomic mass is 10.1. The van der Waals surface area contributed by atoms with E-state index in [9.17, 15) is 49.4 Å². The van der Waals surface area contributed by atoms with Crippen molar-refractivity contribution >= 4 is 28.4 Å². The molecule has 112 valence electrons. The van der Waals surface area contributed by atoms with Crippen molar-refractivity contribution in [1.82, 2.24) is 0 Å². The fourth-order valence-electron chi connectivity index (χ4n) is 1.42. The minimum Gasteiger partial charge on any atom is -0.258 e. The summed E-state index contributed by atoms with van der Waals surface area (Å²) in [7, 11) is 0. The number of hydrogen-bond acceptors (Lipinski definition) is 9. The Morgan fingerprint density at radius 2 is 1.19 bits per heavy atom. The maximum absolute atomic E-state index is 12.6. The summed E-state index contributed by atoms with van der Waals surface area (Å²) in [6.07, 6.45) is 0. The van der Waals surface area contributed by atoms with Gasteiger partial charge in [0.25, 0.3) is 5.69 Å². The van der Waals surface area contributed by atoms with Gasteiger partial charge in [-0.25, -0.2) is 0 Å². The van der Waals surface area contributed by atoms with E-state index in [-0.39, 0.29) is 6.07 Å². The van der Waals surface area contributed by atoms with E-state index in [4.69, 9.17) is 0 Å². The van der Waals surface area contributed by atoms with E-state index in [0.717, 1.165) is 0 Å². The molecule has 0 aliphatic carbocycles. The van der Waals surface area contributed by atoms with Crippen LogP contribution in [0.2, 0.25) is 0 Å². The molecule has 1 rings (SSSR count). The highest BCUT2D eigenvalue weighted by atomic mass is 19.4. The molecule has 0 saturated carbocycles. The molecule has 0 heterocycles. The standard InChI is InChI=1S/C6HF2N5O8/c7-9(8)4-2(10(14)15)1-3(11(16)17)5(12(18)19)6(4)13(20)21/h1H. The van der Waals surface area contributed by atoms with Crippen LogP contribution in [0.15, 0.2) is 6.07 Å². The fourth-order valence-corrected chi connectivity index (χ4v) is 1.42. The Hall–Kier alpha value is -3.52. The number of anilines is 1. The maximum Gasteiger partial charge on any atom is 0.425 e. The number of halogens is 2. The molecule has 13 nitrogen and oxygen atoms in total. The molecule has 0 N–H and O–H groups in total. The van der Waals surface area contributed by atoms with Crippen LogP contribution in [0.5, 0.6) is 0 Å². The summed E-state index contributed by atoms with van der Waals surface area (Å²) in [5.74, 6) is 0. The van der Waals surface area contributed by atoms with Crippen molar-refractivity contribution in [3.8, 4) is 0 Å². The van der Waals surface area contributed by atoms with Gasteiger partial charge >= 0.3 is 22.7 Å². The molecular weight excluding hydrogens is 308 g/mol. The van der Waals surface area contributed by atoms with Gasteiger partial charge in [0.15, 0.2) is 0 Å². The molecule has 1 aromatic carbocycles. The van der Waals surface area contributed by atoms with E-state index in [1.54, 1.807) is 0 Å². The molecule has 0 aliphatic rings. The van der Waals surface area contributed by atoms with Crippen molar-refractivity contribution in [2.45, 2.75) is 0 Å². The molecule has 0 aromatic heterocycles. The van der Waals surface area contributed by atoms with Gasteiger partial charge < -0.3 is 0 Å². The molecule has 0 aliphatic heterocycles. The van der Waals surface area contributed by atoms with Crippen molar-refractivity contribution in [1.29, 1.82) is 0 Å². The molecule has 0 spiro atoms. The monoisotopic (exact) mass is 309 g/mol. The predicted molar refractivity (Wildman–Crippen MR) is 57.8 cm³/mol. The Bertz CT molecular complexity index is 676. The number of nitro groups is 4. The Morgan fingerprint density at radius 1 is 0.762 bits per heavy atom. The number of rotatable bonds is 5. The summed E-state index contributed by atoms with van der Waals surface area (Å²) in [4.78, 5) is 36.1. The van der Waals surface area contributed by atoms with Crippen LogP contribution in [-0.4, -0.2) is 19.7 Å². The first-order valence-electron chi connectivity index (χ1n) is 4.49. The zero-order valence-electron chi connectivity index (χ0n) is 9.34. The normalized spacial score (nSPS) is 10.0. The number of hydrogen-bond donors (Lipinski definition) is 0. The average molecular weight is 309 g/mol. The molecule has 0 atom stereocenters. The van der Waals surface area contributed by atoms with Gasteiger partial charge in [-0.2, -0.15) is 0 Å². The van der Waals surface area contributed by atoms with Gasteiger partial charge in [0.1, 0.15) is 6.07 Å². The first kappa shape index (κ1) is 15.5. The zero-order valence-corrected chi connectivity index (χ0v) is 9.34. The molecule has 0 unspecified atom stereocenters. The summed E-state index contributed by atoms with van der Waals surface area (Å²) in [5, 5.41) is 40.5. The van der Waals surface area contributed by atoms with Gasteiger partial charge in [-0.05, 0) is 5.34 Å². The van der Waals surface area contributed by atoms with Crippen molar-refractivity contribution in [3.05, 3.63) is 46.5 Å². The summed E-state index contributed by atoms with van der Waals surface area (Å²) in [5.41, 5.74) is -9.33. The molecule has 1 aromatic rings. The second-order valence-corrected chi connectivity index (χ2v) is 3.22. The van der Waals surface area contributed by atoms with Crippen LogP contribution >= 0.6 is 0 Å². The minimum atomic E-state index is -2.09. The lowest BCUT2D eigenvalue weighted by Gasteiger charge is -2.05. The first-order chi connectivity index (χ1) is 9.59. The SMILES string of the molecule is O=[N+]([O-])c1cc([N+](=O)[O-])c([N+](=O)[O-])c([N+](=O)[O-])c1N(F)F. The molecule has 0 amide bonds. The smallest absolute Gasteiger partial charge is 0.258 e. The Balaban J connectivity index is 4.08. The highest BCUT2D eigenvalue weighted by Gasteiger charge is 2.47. The minimum absolute atomic E-state index is 0.146. The highest BCUT2D eigenvalue weighted by molar-refractivity contribution is 5.85. The molecule has 0 radical (unpaired) electrons. The lowest BCUT2D eigenvalue weighted by Crippen LogP contribution is -2.09. The van der Waals surface area contributed by atoms with Gasteiger partial charge in [-0.3, -0.25) is 40.5 Å². The van der Waals surface area contributed by atoms with Crippen molar-refractivity contribution < 1.29 is 28.7 Å². The van der Waals surface area contributed by atoms with Crippen LogP contribution in [0.25, 0.3) is 0 Å². The second-order valence-electron chi connectivity index (χ2n) is 3.22. The molecule has 0 fully saturated rings. The van der Waals surface area contributed by atoms with Crippen LogP contribution < -0.4 is 5.34 Å².